The molecular weight excluding hydrogens is 264 g/mol. The summed E-state index contributed by atoms with van der Waals surface area (Å²) in [7, 11) is 1.79. The fourth-order valence-corrected chi connectivity index (χ4v) is 2.21. The van der Waals surface area contributed by atoms with Crippen LogP contribution in [0.15, 0.2) is 61.2 Å². The Bertz CT molecular complexity index is 699. The van der Waals surface area contributed by atoms with E-state index in [4.69, 9.17) is 0 Å². The first kappa shape index (κ1) is 13.2. The third-order valence-electron chi connectivity index (χ3n) is 3.34. The first-order valence-electron chi connectivity index (χ1n) is 6.70. The van der Waals surface area contributed by atoms with E-state index in [0.29, 0.717) is 12.1 Å². The standard InChI is InChI=1S/C16H16N4O/c1-19(12-13-10-17-18-11-13)16(21)14-4-6-15(7-5-14)20-8-2-3-9-20/h2-11H,12H2,1H3,(H,17,18). The van der Waals surface area contributed by atoms with Crippen LogP contribution in [0.25, 0.3) is 5.69 Å². The third kappa shape index (κ3) is 2.86. The lowest BCUT2D eigenvalue weighted by molar-refractivity contribution is 0.0785. The summed E-state index contributed by atoms with van der Waals surface area (Å²) in [5.74, 6) is -0.00439. The van der Waals surface area contributed by atoms with Crippen molar-refractivity contribution in [1.82, 2.24) is 19.7 Å². The number of benzene rings is 1. The molecule has 0 aliphatic rings. The number of aromatic amines is 1. The molecule has 0 atom stereocenters. The molecule has 0 aliphatic carbocycles. The van der Waals surface area contributed by atoms with Crippen LogP contribution < -0.4 is 0 Å². The highest BCUT2D eigenvalue weighted by Crippen LogP contribution is 2.12. The van der Waals surface area contributed by atoms with Gasteiger partial charge in [-0.25, -0.2) is 0 Å². The lowest BCUT2D eigenvalue weighted by Gasteiger charge is -2.16. The molecule has 0 radical (unpaired) electrons. The van der Waals surface area contributed by atoms with Crippen molar-refractivity contribution >= 4 is 5.91 Å². The Morgan fingerprint density at radius 2 is 1.95 bits per heavy atom. The molecule has 2 heterocycles. The SMILES string of the molecule is CN(Cc1cn[nH]c1)C(=O)c1ccc(-n2cccc2)cc1. The smallest absolute Gasteiger partial charge is 0.253 e. The zero-order valence-electron chi connectivity index (χ0n) is 11.7. The van der Waals surface area contributed by atoms with E-state index in [1.165, 1.54) is 0 Å². The Balaban J connectivity index is 1.72. The van der Waals surface area contributed by atoms with E-state index in [9.17, 15) is 4.79 Å². The summed E-state index contributed by atoms with van der Waals surface area (Å²) in [5, 5.41) is 6.63. The Hall–Kier alpha value is -2.82. The van der Waals surface area contributed by atoms with Gasteiger partial charge in [0, 0.05) is 49.0 Å². The van der Waals surface area contributed by atoms with Crippen molar-refractivity contribution in [1.29, 1.82) is 0 Å². The first-order valence-corrected chi connectivity index (χ1v) is 6.70. The van der Waals surface area contributed by atoms with Gasteiger partial charge in [-0.1, -0.05) is 0 Å². The molecule has 0 saturated heterocycles. The molecule has 1 amide bonds. The molecule has 0 unspecified atom stereocenters. The lowest BCUT2D eigenvalue weighted by Crippen LogP contribution is -2.25. The topological polar surface area (TPSA) is 53.9 Å². The van der Waals surface area contributed by atoms with Gasteiger partial charge in [0.15, 0.2) is 0 Å². The van der Waals surface area contributed by atoms with Crippen molar-refractivity contribution in [2.24, 2.45) is 0 Å². The van der Waals surface area contributed by atoms with Crippen molar-refractivity contribution in [3.05, 3.63) is 72.3 Å². The molecule has 3 rings (SSSR count). The van der Waals surface area contributed by atoms with Crippen LogP contribution in [0.5, 0.6) is 0 Å². The molecule has 0 aliphatic heterocycles. The van der Waals surface area contributed by atoms with Gasteiger partial charge in [0.05, 0.1) is 6.20 Å². The summed E-state index contributed by atoms with van der Waals surface area (Å²) < 4.78 is 2.00. The van der Waals surface area contributed by atoms with E-state index in [1.807, 2.05) is 53.4 Å². The molecule has 0 spiro atoms. The number of carbonyl (C=O) groups is 1. The average Bonchev–Trinajstić information content (AvgIpc) is 3.20. The van der Waals surface area contributed by atoms with Gasteiger partial charge in [0.25, 0.3) is 5.91 Å². The largest absolute Gasteiger partial charge is 0.337 e. The summed E-state index contributed by atoms with van der Waals surface area (Å²) in [6, 6.07) is 11.5. The Morgan fingerprint density at radius 3 is 2.57 bits per heavy atom. The Kier molecular flexibility index (Phi) is 3.55. The number of amides is 1. The van der Waals surface area contributed by atoms with E-state index >= 15 is 0 Å². The molecule has 0 fully saturated rings. The van der Waals surface area contributed by atoms with Crippen LogP contribution in [0.4, 0.5) is 0 Å². The van der Waals surface area contributed by atoms with E-state index in [0.717, 1.165) is 11.3 Å². The van der Waals surface area contributed by atoms with Crippen LogP contribution in [0.1, 0.15) is 15.9 Å². The summed E-state index contributed by atoms with van der Waals surface area (Å²) >= 11 is 0. The van der Waals surface area contributed by atoms with Crippen LogP contribution in [0.2, 0.25) is 0 Å². The first-order chi connectivity index (χ1) is 10.2. The molecule has 1 aromatic carbocycles. The molecule has 5 heteroatoms. The molecule has 1 N–H and O–H groups in total. The fraction of sp³-hybridized carbons (Fsp3) is 0.125. The van der Waals surface area contributed by atoms with Crippen LogP contribution in [-0.2, 0) is 6.54 Å². The Labute approximate surface area is 122 Å². The van der Waals surface area contributed by atoms with Crippen molar-refractivity contribution in [3.8, 4) is 5.69 Å². The van der Waals surface area contributed by atoms with Gasteiger partial charge >= 0.3 is 0 Å². The van der Waals surface area contributed by atoms with Gasteiger partial charge in [-0.3, -0.25) is 9.89 Å². The third-order valence-corrected chi connectivity index (χ3v) is 3.34. The van der Waals surface area contributed by atoms with Crippen LogP contribution in [0, 0.1) is 0 Å². The molecule has 5 nitrogen and oxygen atoms in total. The maximum atomic E-state index is 12.4. The van der Waals surface area contributed by atoms with Crippen molar-refractivity contribution in [3.63, 3.8) is 0 Å². The monoisotopic (exact) mass is 280 g/mol. The second-order valence-electron chi connectivity index (χ2n) is 4.90. The van der Waals surface area contributed by atoms with Gasteiger partial charge in [0.1, 0.15) is 0 Å². The number of nitrogens with zero attached hydrogens (tertiary/aromatic N) is 3. The summed E-state index contributed by atoms with van der Waals surface area (Å²) in [4.78, 5) is 14.0. The minimum atomic E-state index is -0.00439. The summed E-state index contributed by atoms with van der Waals surface area (Å²) in [6.07, 6.45) is 7.46. The molecule has 0 bridgehead atoms. The molecule has 3 aromatic rings. The number of hydrogen-bond donors (Lipinski definition) is 1. The molecule has 0 saturated carbocycles. The van der Waals surface area contributed by atoms with Gasteiger partial charge in [0.2, 0.25) is 0 Å². The van der Waals surface area contributed by atoms with E-state index in [2.05, 4.69) is 10.2 Å². The zero-order chi connectivity index (χ0) is 14.7. The van der Waals surface area contributed by atoms with Crippen LogP contribution >= 0.6 is 0 Å². The van der Waals surface area contributed by atoms with E-state index in [1.54, 1.807) is 24.3 Å². The minimum absolute atomic E-state index is 0.00439. The normalized spacial score (nSPS) is 10.5. The summed E-state index contributed by atoms with van der Waals surface area (Å²) in [6.45, 7) is 0.536. The predicted octanol–water partition coefficient (Wildman–Crippen LogP) is 2.47. The number of H-pyrrole nitrogens is 1. The maximum Gasteiger partial charge on any atom is 0.253 e. The van der Waals surface area contributed by atoms with Crippen molar-refractivity contribution in [2.75, 3.05) is 7.05 Å². The number of aromatic nitrogens is 3. The molecule has 2 aromatic heterocycles. The van der Waals surface area contributed by atoms with Crippen LogP contribution in [0.3, 0.4) is 0 Å². The zero-order valence-corrected chi connectivity index (χ0v) is 11.7. The molecule has 106 valence electrons. The van der Waals surface area contributed by atoms with Gasteiger partial charge in [-0.05, 0) is 36.4 Å². The average molecular weight is 280 g/mol. The number of rotatable bonds is 4. The second kappa shape index (κ2) is 5.66. The summed E-state index contributed by atoms with van der Waals surface area (Å²) in [5.41, 5.74) is 2.70. The highest BCUT2D eigenvalue weighted by atomic mass is 16.2. The molecular formula is C16H16N4O. The highest BCUT2D eigenvalue weighted by molar-refractivity contribution is 5.94. The van der Waals surface area contributed by atoms with E-state index < -0.39 is 0 Å². The predicted molar refractivity (Wildman–Crippen MR) is 80.2 cm³/mol. The number of carbonyl (C=O) groups excluding carboxylic acids is 1. The number of nitrogens with one attached hydrogen (secondary N) is 1. The van der Waals surface area contributed by atoms with Crippen LogP contribution in [-0.4, -0.2) is 32.6 Å². The lowest BCUT2D eigenvalue weighted by atomic mass is 10.1. The maximum absolute atomic E-state index is 12.4. The Morgan fingerprint density at radius 1 is 1.24 bits per heavy atom. The van der Waals surface area contributed by atoms with E-state index in [-0.39, 0.29) is 5.91 Å². The minimum Gasteiger partial charge on any atom is -0.337 e. The van der Waals surface area contributed by atoms with Gasteiger partial charge in [-0.2, -0.15) is 5.10 Å². The molecule has 21 heavy (non-hydrogen) atoms. The quantitative estimate of drug-likeness (QED) is 0.798. The number of hydrogen-bond acceptors (Lipinski definition) is 2. The van der Waals surface area contributed by atoms with Crippen molar-refractivity contribution in [2.45, 2.75) is 6.54 Å². The van der Waals surface area contributed by atoms with Gasteiger partial charge in [-0.15, -0.1) is 0 Å². The second-order valence-corrected chi connectivity index (χ2v) is 4.90. The van der Waals surface area contributed by atoms with Gasteiger partial charge < -0.3 is 9.47 Å². The highest BCUT2D eigenvalue weighted by Gasteiger charge is 2.12. The fourth-order valence-electron chi connectivity index (χ4n) is 2.21. The van der Waals surface area contributed by atoms with Crippen molar-refractivity contribution < 1.29 is 4.79 Å².